The number of hydrogen-bond donors (Lipinski definition) is 1. The third kappa shape index (κ3) is 3.68. The topological polar surface area (TPSA) is 58.1 Å². The van der Waals surface area contributed by atoms with Gasteiger partial charge in [0.05, 0.1) is 0 Å². The fraction of sp³-hybridized carbons (Fsp3) is 0.615. The molecule has 18 heavy (non-hydrogen) atoms. The van der Waals surface area contributed by atoms with Crippen molar-refractivity contribution in [3.05, 3.63) is 17.5 Å². The molecule has 0 aliphatic carbocycles. The molecule has 0 unspecified atom stereocenters. The second-order valence-electron chi connectivity index (χ2n) is 4.78. The van der Waals surface area contributed by atoms with Gasteiger partial charge in [0.25, 0.3) is 5.91 Å². The van der Waals surface area contributed by atoms with Crippen molar-refractivity contribution in [1.29, 1.82) is 0 Å². The maximum Gasteiger partial charge on any atom is 0.270 e. The molecule has 0 fully saturated rings. The Labute approximate surface area is 109 Å². The standard InChI is InChI=1S/C13H22N4O/c1-6-7-14-12(18)11-8-10(9(2)3)15-13(16-11)17(4)5/h8-9H,6-7H2,1-5H3,(H,14,18). The SMILES string of the molecule is CCCNC(=O)c1cc(C(C)C)nc(N(C)C)n1. The number of nitrogens with zero attached hydrogens (tertiary/aromatic N) is 3. The van der Waals surface area contributed by atoms with Crippen LogP contribution in [0.5, 0.6) is 0 Å². The predicted octanol–water partition coefficient (Wildman–Crippen LogP) is 1.81. The first kappa shape index (κ1) is 14.4. The summed E-state index contributed by atoms with van der Waals surface area (Å²) in [6.07, 6.45) is 0.911. The average Bonchev–Trinajstić information content (AvgIpc) is 2.35. The molecule has 1 N–H and O–H groups in total. The number of nitrogens with one attached hydrogen (secondary N) is 1. The third-order valence-corrected chi connectivity index (χ3v) is 2.49. The molecule has 0 radical (unpaired) electrons. The van der Waals surface area contributed by atoms with E-state index in [1.165, 1.54) is 0 Å². The molecule has 5 heteroatoms. The van der Waals surface area contributed by atoms with Crippen molar-refractivity contribution in [1.82, 2.24) is 15.3 Å². The first-order valence-corrected chi connectivity index (χ1v) is 6.30. The van der Waals surface area contributed by atoms with Gasteiger partial charge in [0, 0.05) is 26.3 Å². The predicted molar refractivity (Wildman–Crippen MR) is 73.1 cm³/mol. The Morgan fingerprint density at radius 1 is 1.39 bits per heavy atom. The Bertz CT molecular complexity index is 389. The van der Waals surface area contributed by atoms with Crippen LogP contribution in [-0.4, -0.2) is 36.5 Å². The molecule has 0 spiro atoms. The second kappa shape index (κ2) is 6.33. The largest absolute Gasteiger partial charge is 0.351 e. The minimum absolute atomic E-state index is 0.135. The maximum absolute atomic E-state index is 11.9. The number of anilines is 1. The number of aromatic nitrogens is 2. The first-order valence-electron chi connectivity index (χ1n) is 6.30. The summed E-state index contributed by atoms with van der Waals surface area (Å²) in [5.74, 6) is 0.705. The van der Waals surface area contributed by atoms with Crippen LogP contribution in [0.1, 0.15) is 49.3 Å². The Kier molecular flexibility index (Phi) is 5.07. The molecule has 0 saturated carbocycles. The lowest BCUT2D eigenvalue weighted by Gasteiger charge is -2.14. The summed E-state index contributed by atoms with van der Waals surface area (Å²) < 4.78 is 0. The van der Waals surface area contributed by atoms with Gasteiger partial charge >= 0.3 is 0 Å². The van der Waals surface area contributed by atoms with Crippen LogP contribution >= 0.6 is 0 Å². The van der Waals surface area contributed by atoms with Crippen molar-refractivity contribution in [3.63, 3.8) is 0 Å². The van der Waals surface area contributed by atoms with Gasteiger partial charge in [-0.1, -0.05) is 20.8 Å². The van der Waals surface area contributed by atoms with Gasteiger partial charge < -0.3 is 10.2 Å². The molecule has 0 aliphatic rings. The molecule has 0 saturated heterocycles. The van der Waals surface area contributed by atoms with Crippen LogP contribution in [0, 0.1) is 0 Å². The highest BCUT2D eigenvalue weighted by atomic mass is 16.1. The molecule has 0 atom stereocenters. The van der Waals surface area contributed by atoms with Crippen LogP contribution in [0.25, 0.3) is 0 Å². The van der Waals surface area contributed by atoms with Crippen molar-refractivity contribution in [2.45, 2.75) is 33.1 Å². The van der Waals surface area contributed by atoms with E-state index in [2.05, 4.69) is 29.1 Å². The minimum Gasteiger partial charge on any atom is -0.351 e. The molecular weight excluding hydrogens is 228 g/mol. The molecule has 1 aromatic rings. The molecule has 0 aromatic carbocycles. The van der Waals surface area contributed by atoms with Gasteiger partial charge in [-0.05, 0) is 18.4 Å². The summed E-state index contributed by atoms with van der Waals surface area (Å²) in [6, 6.07) is 1.77. The van der Waals surface area contributed by atoms with Gasteiger partial charge in [-0.25, -0.2) is 9.97 Å². The zero-order chi connectivity index (χ0) is 13.7. The van der Waals surface area contributed by atoms with Crippen molar-refractivity contribution < 1.29 is 4.79 Å². The third-order valence-electron chi connectivity index (χ3n) is 2.49. The van der Waals surface area contributed by atoms with E-state index < -0.39 is 0 Å². The number of carbonyl (C=O) groups is 1. The fourth-order valence-electron chi connectivity index (χ4n) is 1.39. The van der Waals surface area contributed by atoms with Gasteiger partial charge in [-0.3, -0.25) is 4.79 Å². The maximum atomic E-state index is 11.9. The van der Waals surface area contributed by atoms with Crippen molar-refractivity contribution in [2.24, 2.45) is 0 Å². The monoisotopic (exact) mass is 250 g/mol. The van der Waals surface area contributed by atoms with E-state index >= 15 is 0 Å². The van der Waals surface area contributed by atoms with Crippen LogP contribution in [-0.2, 0) is 0 Å². The molecule has 1 heterocycles. The molecular formula is C13H22N4O. The Morgan fingerprint density at radius 2 is 2.06 bits per heavy atom. The highest BCUT2D eigenvalue weighted by Crippen LogP contribution is 2.16. The molecule has 100 valence electrons. The minimum atomic E-state index is -0.135. The molecule has 1 rings (SSSR count). The first-order chi connectivity index (χ1) is 8.45. The highest BCUT2D eigenvalue weighted by Gasteiger charge is 2.13. The molecule has 0 aliphatic heterocycles. The van der Waals surface area contributed by atoms with Crippen molar-refractivity contribution in [3.8, 4) is 0 Å². The van der Waals surface area contributed by atoms with E-state index in [1.807, 2.05) is 25.9 Å². The van der Waals surface area contributed by atoms with E-state index in [4.69, 9.17) is 0 Å². The average molecular weight is 250 g/mol. The van der Waals surface area contributed by atoms with Crippen LogP contribution in [0.4, 0.5) is 5.95 Å². The normalized spacial score (nSPS) is 10.6. The number of hydrogen-bond acceptors (Lipinski definition) is 4. The highest BCUT2D eigenvalue weighted by molar-refractivity contribution is 5.92. The molecule has 1 aromatic heterocycles. The van der Waals surface area contributed by atoms with Crippen LogP contribution < -0.4 is 10.2 Å². The van der Waals surface area contributed by atoms with Gasteiger partial charge in [0.15, 0.2) is 0 Å². The van der Waals surface area contributed by atoms with Gasteiger partial charge in [-0.2, -0.15) is 0 Å². The quantitative estimate of drug-likeness (QED) is 0.865. The smallest absolute Gasteiger partial charge is 0.270 e. The van der Waals surface area contributed by atoms with Crippen LogP contribution in [0.15, 0.2) is 6.07 Å². The van der Waals surface area contributed by atoms with Crippen LogP contribution in [0.3, 0.4) is 0 Å². The zero-order valence-corrected chi connectivity index (χ0v) is 11.8. The van der Waals surface area contributed by atoms with E-state index in [-0.39, 0.29) is 11.8 Å². The Hall–Kier alpha value is -1.65. The molecule has 5 nitrogen and oxygen atoms in total. The number of amides is 1. The van der Waals surface area contributed by atoms with Crippen LogP contribution in [0.2, 0.25) is 0 Å². The lowest BCUT2D eigenvalue weighted by atomic mass is 10.1. The van der Waals surface area contributed by atoms with Gasteiger partial charge in [0.1, 0.15) is 5.69 Å². The number of carbonyl (C=O) groups excluding carboxylic acids is 1. The number of rotatable bonds is 5. The molecule has 0 bridgehead atoms. The summed E-state index contributed by atoms with van der Waals surface area (Å²) in [6.45, 7) is 6.78. The fourth-order valence-corrected chi connectivity index (χ4v) is 1.39. The summed E-state index contributed by atoms with van der Waals surface area (Å²) in [5.41, 5.74) is 1.32. The summed E-state index contributed by atoms with van der Waals surface area (Å²) in [5, 5.41) is 2.83. The molecule has 1 amide bonds. The zero-order valence-electron chi connectivity index (χ0n) is 11.8. The van der Waals surface area contributed by atoms with E-state index in [0.717, 1.165) is 12.1 Å². The lowest BCUT2D eigenvalue weighted by molar-refractivity contribution is 0.0948. The summed E-state index contributed by atoms with van der Waals surface area (Å²) in [4.78, 5) is 22.4. The Morgan fingerprint density at radius 3 is 2.56 bits per heavy atom. The van der Waals surface area contributed by atoms with E-state index in [9.17, 15) is 4.79 Å². The van der Waals surface area contributed by atoms with Crippen molar-refractivity contribution in [2.75, 3.05) is 25.5 Å². The Balaban J connectivity index is 3.06. The lowest BCUT2D eigenvalue weighted by Crippen LogP contribution is -2.26. The van der Waals surface area contributed by atoms with Gasteiger partial charge in [-0.15, -0.1) is 0 Å². The van der Waals surface area contributed by atoms with E-state index in [0.29, 0.717) is 18.2 Å². The van der Waals surface area contributed by atoms with E-state index in [1.54, 1.807) is 6.07 Å². The van der Waals surface area contributed by atoms with Gasteiger partial charge in [0.2, 0.25) is 5.95 Å². The summed E-state index contributed by atoms with van der Waals surface area (Å²) >= 11 is 0. The second-order valence-corrected chi connectivity index (χ2v) is 4.78. The summed E-state index contributed by atoms with van der Waals surface area (Å²) in [7, 11) is 3.74. The van der Waals surface area contributed by atoms with Crippen molar-refractivity contribution >= 4 is 11.9 Å².